The van der Waals surface area contributed by atoms with Crippen LogP contribution in [0.5, 0.6) is 5.75 Å². The van der Waals surface area contributed by atoms with Gasteiger partial charge in [0.15, 0.2) is 9.84 Å². The van der Waals surface area contributed by atoms with E-state index in [2.05, 4.69) is 5.16 Å². The number of benzene rings is 1. The topological polar surface area (TPSA) is 95.4 Å². The van der Waals surface area contributed by atoms with Gasteiger partial charge in [-0.3, -0.25) is 0 Å². The van der Waals surface area contributed by atoms with Gasteiger partial charge >= 0.3 is 0 Å². The molecule has 20 heavy (non-hydrogen) atoms. The molecule has 2 aromatic rings. The molecule has 0 radical (unpaired) electrons. The van der Waals surface area contributed by atoms with Crippen LogP contribution in [-0.4, -0.2) is 26.9 Å². The summed E-state index contributed by atoms with van der Waals surface area (Å²) >= 11 is 0. The number of nitrogen functional groups attached to an aromatic ring is 1. The summed E-state index contributed by atoms with van der Waals surface area (Å²) in [6.45, 7) is 1.92. The fraction of sp³-hybridized carbons (Fsp3) is 0.308. The molecule has 0 fully saturated rings. The molecular weight excluding hydrogens is 280 g/mol. The van der Waals surface area contributed by atoms with Crippen LogP contribution in [0.15, 0.2) is 22.7 Å². The highest BCUT2D eigenvalue weighted by molar-refractivity contribution is 7.89. The minimum Gasteiger partial charge on any atom is -0.496 e. The van der Waals surface area contributed by atoms with Gasteiger partial charge in [0.05, 0.1) is 18.4 Å². The molecule has 0 atom stereocenters. The third-order valence-corrected chi connectivity index (χ3v) is 3.61. The molecule has 0 unspecified atom stereocenters. The molecule has 1 aromatic heterocycles. The lowest BCUT2D eigenvalue weighted by Gasteiger charge is -2.09. The van der Waals surface area contributed by atoms with E-state index in [0.29, 0.717) is 16.9 Å². The highest BCUT2D eigenvalue weighted by atomic mass is 32.2. The van der Waals surface area contributed by atoms with Crippen molar-refractivity contribution in [3.63, 3.8) is 0 Å². The maximum Gasteiger partial charge on any atom is 0.230 e. The maximum atomic E-state index is 11.5. The zero-order chi connectivity index (χ0) is 14.9. The average molecular weight is 296 g/mol. The Labute approximate surface area is 117 Å². The van der Waals surface area contributed by atoms with Gasteiger partial charge in [0.25, 0.3) is 0 Å². The molecular formula is C13H16N2O4S. The summed E-state index contributed by atoms with van der Waals surface area (Å²) in [6, 6.07) is 5.54. The fourth-order valence-electron chi connectivity index (χ4n) is 1.99. The van der Waals surface area contributed by atoms with Crippen LogP contribution in [-0.2, 0) is 15.6 Å². The summed E-state index contributed by atoms with van der Waals surface area (Å²) in [7, 11) is -1.71. The number of aromatic nitrogens is 1. The lowest BCUT2D eigenvalue weighted by molar-refractivity contribution is 0.416. The first kappa shape index (κ1) is 14.4. The van der Waals surface area contributed by atoms with E-state index in [4.69, 9.17) is 15.0 Å². The molecule has 0 saturated heterocycles. The standard InChI is InChI=1S/C13H16N2O4S/c1-8-4-5-11(18-2)9(6-8)12-10(7-20(3,16)17)15-19-13(12)14/h4-6H,7,14H2,1-3H3. The van der Waals surface area contributed by atoms with E-state index < -0.39 is 9.84 Å². The molecule has 6 nitrogen and oxygen atoms in total. The van der Waals surface area contributed by atoms with Crippen molar-refractivity contribution in [3.05, 3.63) is 29.5 Å². The SMILES string of the molecule is COc1ccc(C)cc1-c1c(CS(C)(=O)=O)noc1N. The summed E-state index contributed by atoms with van der Waals surface area (Å²) in [4.78, 5) is 0. The van der Waals surface area contributed by atoms with Crippen molar-refractivity contribution in [3.8, 4) is 16.9 Å². The number of ether oxygens (including phenoxy) is 1. The number of nitrogens with two attached hydrogens (primary N) is 1. The molecule has 0 aliphatic rings. The van der Waals surface area contributed by atoms with Crippen LogP contribution in [0.2, 0.25) is 0 Å². The van der Waals surface area contributed by atoms with Crippen LogP contribution in [0.4, 0.5) is 5.88 Å². The largest absolute Gasteiger partial charge is 0.496 e. The number of sulfone groups is 1. The van der Waals surface area contributed by atoms with Crippen molar-refractivity contribution in [2.45, 2.75) is 12.7 Å². The molecule has 0 aliphatic heterocycles. The Bertz CT molecular complexity index is 735. The summed E-state index contributed by atoms with van der Waals surface area (Å²) in [5, 5.41) is 3.75. The van der Waals surface area contributed by atoms with E-state index in [9.17, 15) is 8.42 Å². The molecule has 7 heteroatoms. The molecule has 0 aliphatic carbocycles. The van der Waals surface area contributed by atoms with E-state index in [1.165, 1.54) is 7.11 Å². The molecule has 0 bridgehead atoms. The first-order valence-electron chi connectivity index (χ1n) is 5.88. The van der Waals surface area contributed by atoms with Crippen LogP contribution >= 0.6 is 0 Å². The van der Waals surface area contributed by atoms with E-state index in [1.807, 2.05) is 19.1 Å². The lowest BCUT2D eigenvalue weighted by Crippen LogP contribution is -2.03. The Hall–Kier alpha value is -2.02. The second-order valence-corrected chi connectivity index (χ2v) is 6.78. The Morgan fingerprint density at radius 2 is 2.10 bits per heavy atom. The van der Waals surface area contributed by atoms with E-state index in [0.717, 1.165) is 11.8 Å². The Kier molecular flexibility index (Phi) is 3.71. The molecule has 2 N–H and O–H groups in total. The number of aryl methyl sites for hydroxylation is 1. The average Bonchev–Trinajstić information content (AvgIpc) is 2.68. The second kappa shape index (κ2) is 5.16. The van der Waals surface area contributed by atoms with Crippen LogP contribution < -0.4 is 10.5 Å². The summed E-state index contributed by atoms with van der Waals surface area (Å²) in [6.07, 6.45) is 1.13. The molecule has 1 heterocycles. The van der Waals surface area contributed by atoms with Gasteiger partial charge < -0.3 is 15.0 Å². The van der Waals surface area contributed by atoms with Gasteiger partial charge in [0, 0.05) is 11.8 Å². The maximum absolute atomic E-state index is 11.5. The molecule has 0 saturated carbocycles. The summed E-state index contributed by atoms with van der Waals surface area (Å²) in [5.74, 6) is 0.424. The third kappa shape index (κ3) is 2.93. The van der Waals surface area contributed by atoms with Crippen LogP contribution in [0.3, 0.4) is 0 Å². The first-order chi connectivity index (χ1) is 9.31. The zero-order valence-corrected chi connectivity index (χ0v) is 12.3. The highest BCUT2D eigenvalue weighted by Crippen LogP contribution is 2.37. The van der Waals surface area contributed by atoms with E-state index in [-0.39, 0.29) is 17.3 Å². The monoisotopic (exact) mass is 296 g/mol. The third-order valence-electron chi connectivity index (χ3n) is 2.81. The number of nitrogens with zero attached hydrogens (tertiary/aromatic N) is 1. The number of methoxy groups -OCH3 is 1. The van der Waals surface area contributed by atoms with Crippen molar-refractivity contribution >= 4 is 15.7 Å². The van der Waals surface area contributed by atoms with Gasteiger partial charge in [-0.1, -0.05) is 16.8 Å². The highest BCUT2D eigenvalue weighted by Gasteiger charge is 2.22. The predicted molar refractivity (Wildman–Crippen MR) is 76.2 cm³/mol. The van der Waals surface area contributed by atoms with Crippen molar-refractivity contribution < 1.29 is 17.7 Å². The number of hydrogen-bond acceptors (Lipinski definition) is 6. The van der Waals surface area contributed by atoms with Gasteiger partial charge in [-0.25, -0.2) is 8.42 Å². The fourth-order valence-corrected chi connectivity index (χ4v) is 2.68. The van der Waals surface area contributed by atoms with Crippen molar-refractivity contribution in [2.24, 2.45) is 0 Å². The Balaban J connectivity index is 2.63. The lowest BCUT2D eigenvalue weighted by atomic mass is 10.0. The summed E-state index contributed by atoms with van der Waals surface area (Å²) < 4.78 is 33.2. The first-order valence-corrected chi connectivity index (χ1v) is 7.94. The van der Waals surface area contributed by atoms with Gasteiger partial charge in [-0.05, 0) is 19.1 Å². The molecule has 108 valence electrons. The molecule has 2 rings (SSSR count). The van der Waals surface area contributed by atoms with E-state index >= 15 is 0 Å². The van der Waals surface area contributed by atoms with Crippen LogP contribution in [0.25, 0.3) is 11.1 Å². The second-order valence-electron chi connectivity index (χ2n) is 4.64. The van der Waals surface area contributed by atoms with Crippen LogP contribution in [0, 0.1) is 6.92 Å². The molecule has 0 spiro atoms. The summed E-state index contributed by atoms with van der Waals surface area (Å²) in [5.41, 5.74) is 8.20. The van der Waals surface area contributed by atoms with Gasteiger partial charge in [-0.15, -0.1) is 0 Å². The van der Waals surface area contributed by atoms with Gasteiger partial charge in [-0.2, -0.15) is 0 Å². The van der Waals surface area contributed by atoms with Crippen molar-refractivity contribution in [2.75, 3.05) is 19.1 Å². The minimum atomic E-state index is -3.24. The Morgan fingerprint density at radius 1 is 1.40 bits per heavy atom. The Morgan fingerprint density at radius 3 is 2.70 bits per heavy atom. The number of hydrogen-bond donors (Lipinski definition) is 1. The van der Waals surface area contributed by atoms with E-state index in [1.54, 1.807) is 6.07 Å². The van der Waals surface area contributed by atoms with Gasteiger partial charge in [0.2, 0.25) is 5.88 Å². The smallest absolute Gasteiger partial charge is 0.230 e. The molecule has 0 amide bonds. The predicted octanol–water partition coefficient (Wildman–Crippen LogP) is 1.79. The van der Waals surface area contributed by atoms with Crippen LogP contribution in [0.1, 0.15) is 11.3 Å². The van der Waals surface area contributed by atoms with Crippen molar-refractivity contribution in [1.82, 2.24) is 5.16 Å². The minimum absolute atomic E-state index is 0.0764. The zero-order valence-electron chi connectivity index (χ0n) is 11.5. The number of rotatable bonds is 4. The number of anilines is 1. The normalized spacial score (nSPS) is 11.6. The quantitative estimate of drug-likeness (QED) is 0.924. The molecule has 1 aromatic carbocycles. The van der Waals surface area contributed by atoms with Gasteiger partial charge in [0.1, 0.15) is 11.4 Å². The van der Waals surface area contributed by atoms with Crippen molar-refractivity contribution in [1.29, 1.82) is 0 Å².